The van der Waals surface area contributed by atoms with Crippen molar-refractivity contribution in [2.24, 2.45) is 0 Å². The Morgan fingerprint density at radius 2 is 1.74 bits per heavy atom. The van der Waals surface area contributed by atoms with Crippen LogP contribution in [0.3, 0.4) is 0 Å². The molecule has 0 aliphatic heterocycles. The van der Waals surface area contributed by atoms with Gasteiger partial charge >= 0.3 is 5.97 Å². The van der Waals surface area contributed by atoms with Crippen LogP contribution in [0.5, 0.6) is 0 Å². The van der Waals surface area contributed by atoms with E-state index in [1.165, 1.54) is 26.2 Å². The van der Waals surface area contributed by atoms with Gasteiger partial charge in [-0.1, -0.05) is 37.8 Å². The van der Waals surface area contributed by atoms with Crippen LogP contribution in [0.2, 0.25) is 0 Å². The number of carbonyl (C=O) groups excluding carboxylic acids is 1. The fourth-order valence-electron chi connectivity index (χ4n) is 2.29. The lowest BCUT2D eigenvalue weighted by Crippen LogP contribution is -2.23. The summed E-state index contributed by atoms with van der Waals surface area (Å²) in [6.07, 6.45) is 17.7. The van der Waals surface area contributed by atoms with Crippen molar-refractivity contribution in [1.29, 1.82) is 0 Å². The van der Waals surface area contributed by atoms with Crippen LogP contribution in [0.25, 0.3) is 0 Å². The molecule has 2 N–H and O–H groups in total. The van der Waals surface area contributed by atoms with E-state index >= 15 is 0 Å². The van der Waals surface area contributed by atoms with Crippen LogP contribution in [0.1, 0.15) is 71.1 Å². The number of rotatable bonds is 14. The third kappa shape index (κ3) is 16.9. The Labute approximate surface area is 140 Å². The highest BCUT2D eigenvalue weighted by Crippen LogP contribution is 2.12. The molecule has 4 heteroatoms. The lowest BCUT2D eigenvalue weighted by Gasteiger charge is -2.15. The van der Waals surface area contributed by atoms with E-state index < -0.39 is 18.2 Å². The highest BCUT2D eigenvalue weighted by Gasteiger charge is 2.12. The summed E-state index contributed by atoms with van der Waals surface area (Å²) in [6, 6.07) is 0. The maximum absolute atomic E-state index is 10.6. The first-order valence-corrected chi connectivity index (χ1v) is 8.64. The number of allylic oxidation sites excluding steroid dienone is 2. The summed E-state index contributed by atoms with van der Waals surface area (Å²) in [7, 11) is 0. The molecule has 0 bridgehead atoms. The number of esters is 1. The van der Waals surface area contributed by atoms with Crippen LogP contribution in [-0.2, 0) is 9.53 Å². The van der Waals surface area contributed by atoms with Gasteiger partial charge in [0.1, 0.15) is 6.61 Å². The van der Waals surface area contributed by atoms with Crippen molar-refractivity contribution in [2.45, 2.75) is 83.3 Å². The number of terminal acetylenes is 1. The Morgan fingerprint density at radius 3 is 2.43 bits per heavy atom. The molecule has 0 aromatic carbocycles. The maximum Gasteiger partial charge on any atom is 0.302 e. The molecule has 4 nitrogen and oxygen atoms in total. The van der Waals surface area contributed by atoms with Crippen molar-refractivity contribution in [2.75, 3.05) is 6.61 Å². The van der Waals surface area contributed by atoms with Gasteiger partial charge in [0, 0.05) is 19.8 Å². The Kier molecular flexibility index (Phi) is 14.7. The molecular formula is C19H32O4. The minimum atomic E-state index is -0.782. The fraction of sp³-hybridized carbons (Fsp3) is 0.737. The topological polar surface area (TPSA) is 66.8 Å². The normalized spacial score (nSPS) is 13.7. The summed E-state index contributed by atoms with van der Waals surface area (Å²) in [5.41, 5.74) is 0. The average molecular weight is 324 g/mol. The van der Waals surface area contributed by atoms with Crippen LogP contribution in [-0.4, -0.2) is 35.0 Å². The number of unbranched alkanes of at least 4 members (excludes halogenated alkanes) is 6. The van der Waals surface area contributed by atoms with Crippen molar-refractivity contribution in [3.05, 3.63) is 12.2 Å². The molecule has 0 saturated heterocycles. The first-order valence-electron chi connectivity index (χ1n) is 8.64. The molecule has 0 aliphatic carbocycles. The van der Waals surface area contributed by atoms with E-state index in [1.54, 1.807) is 0 Å². The minimum Gasteiger partial charge on any atom is -0.463 e. The lowest BCUT2D eigenvalue weighted by atomic mass is 10.0. The van der Waals surface area contributed by atoms with Gasteiger partial charge in [0.25, 0.3) is 0 Å². The summed E-state index contributed by atoms with van der Waals surface area (Å²) in [4.78, 5) is 10.6. The molecule has 0 aromatic heterocycles. The summed E-state index contributed by atoms with van der Waals surface area (Å²) >= 11 is 0. The molecule has 0 heterocycles. The summed E-state index contributed by atoms with van der Waals surface area (Å²) in [5, 5.41) is 19.4. The van der Waals surface area contributed by atoms with Gasteiger partial charge in [-0.15, -0.1) is 12.3 Å². The lowest BCUT2D eigenvalue weighted by molar-refractivity contribution is -0.144. The van der Waals surface area contributed by atoms with E-state index in [4.69, 9.17) is 11.2 Å². The molecule has 0 aliphatic rings. The van der Waals surface area contributed by atoms with Crippen LogP contribution in [0.4, 0.5) is 0 Å². The van der Waals surface area contributed by atoms with Crippen molar-refractivity contribution in [3.8, 4) is 12.3 Å². The molecule has 2 atom stereocenters. The SMILES string of the molecule is C#CCC/C=C/CCCCCCCC(O)CC(O)COC(C)=O. The molecule has 0 aromatic rings. The number of ether oxygens (including phenoxy) is 1. The smallest absolute Gasteiger partial charge is 0.302 e. The largest absolute Gasteiger partial charge is 0.463 e. The Morgan fingerprint density at radius 1 is 1.09 bits per heavy atom. The van der Waals surface area contributed by atoms with E-state index in [1.807, 2.05) is 0 Å². The second-order valence-corrected chi connectivity index (χ2v) is 5.91. The molecule has 0 saturated carbocycles. The predicted octanol–water partition coefficient (Wildman–Crippen LogP) is 3.36. The predicted molar refractivity (Wildman–Crippen MR) is 92.8 cm³/mol. The van der Waals surface area contributed by atoms with Crippen LogP contribution in [0, 0.1) is 12.3 Å². The minimum absolute atomic E-state index is 0.0404. The van der Waals surface area contributed by atoms with Gasteiger partial charge in [-0.05, 0) is 25.7 Å². The van der Waals surface area contributed by atoms with Crippen LogP contribution >= 0.6 is 0 Å². The summed E-state index contributed by atoms with van der Waals surface area (Å²) in [6.45, 7) is 1.26. The quantitative estimate of drug-likeness (QED) is 0.222. The molecule has 2 unspecified atom stereocenters. The van der Waals surface area contributed by atoms with E-state index in [2.05, 4.69) is 18.1 Å². The molecule has 0 spiro atoms. The number of hydrogen-bond donors (Lipinski definition) is 2. The Hall–Kier alpha value is -1.31. The third-order valence-electron chi connectivity index (χ3n) is 3.55. The monoisotopic (exact) mass is 324 g/mol. The van der Waals surface area contributed by atoms with Crippen LogP contribution in [0.15, 0.2) is 12.2 Å². The maximum atomic E-state index is 10.6. The second-order valence-electron chi connectivity index (χ2n) is 5.91. The van der Waals surface area contributed by atoms with E-state index in [0.717, 1.165) is 32.1 Å². The standard InChI is InChI=1S/C19H32O4/c1-3-4-5-6-7-8-9-10-11-12-13-14-18(21)15-19(22)16-23-17(2)20/h1,6-7,18-19,21-22H,4-5,8-16H2,2H3/b7-6+. The van der Waals surface area contributed by atoms with Gasteiger partial charge < -0.3 is 14.9 Å². The first-order chi connectivity index (χ1) is 11.1. The number of aliphatic hydroxyl groups excluding tert-OH is 2. The molecular weight excluding hydrogens is 292 g/mol. The zero-order valence-electron chi connectivity index (χ0n) is 14.4. The molecule has 23 heavy (non-hydrogen) atoms. The van der Waals surface area contributed by atoms with Crippen molar-refractivity contribution >= 4 is 5.97 Å². The molecule has 0 amide bonds. The van der Waals surface area contributed by atoms with E-state index in [-0.39, 0.29) is 13.0 Å². The van der Waals surface area contributed by atoms with Gasteiger partial charge in [-0.2, -0.15) is 0 Å². The Bertz CT molecular complexity index is 357. The zero-order valence-corrected chi connectivity index (χ0v) is 14.4. The molecule has 0 fully saturated rings. The summed E-state index contributed by atoms with van der Waals surface area (Å²) < 4.78 is 4.70. The summed E-state index contributed by atoms with van der Waals surface area (Å²) in [5.74, 6) is 2.20. The van der Waals surface area contributed by atoms with Crippen LogP contribution < -0.4 is 0 Å². The average Bonchev–Trinajstić information content (AvgIpc) is 2.50. The van der Waals surface area contributed by atoms with Crippen molar-refractivity contribution < 1.29 is 19.7 Å². The first kappa shape index (κ1) is 21.7. The molecule has 132 valence electrons. The van der Waals surface area contributed by atoms with Gasteiger partial charge in [0.15, 0.2) is 0 Å². The third-order valence-corrected chi connectivity index (χ3v) is 3.55. The molecule has 0 rings (SSSR count). The number of hydrogen-bond acceptors (Lipinski definition) is 4. The Balaban J connectivity index is 3.38. The van der Waals surface area contributed by atoms with Crippen molar-refractivity contribution in [1.82, 2.24) is 0 Å². The van der Waals surface area contributed by atoms with Gasteiger partial charge in [0.2, 0.25) is 0 Å². The zero-order chi connectivity index (χ0) is 17.3. The van der Waals surface area contributed by atoms with Crippen molar-refractivity contribution in [3.63, 3.8) is 0 Å². The van der Waals surface area contributed by atoms with Gasteiger partial charge in [-0.25, -0.2) is 0 Å². The highest BCUT2D eigenvalue weighted by atomic mass is 16.5. The fourth-order valence-corrected chi connectivity index (χ4v) is 2.29. The van der Waals surface area contributed by atoms with Gasteiger partial charge in [-0.3, -0.25) is 4.79 Å². The number of carbonyl (C=O) groups is 1. The highest BCUT2D eigenvalue weighted by molar-refractivity contribution is 5.65. The van der Waals surface area contributed by atoms with E-state index in [9.17, 15) is 15.0 Å². The second kappa shape index (κ2) is 15.6. The van der Waals surface area contributed by atoms with Gasteiger partial charge in [0.05, 0.1) is 12.2 Å². The number of aliphatic hydroxyl groups is 2. The molecule has 0 radical (unpaired) electrons. The van der Waals surface area contributed by atoms with E-state index in [0.29, 0.717) is 6.42 Å².